The zero-order chi connectivity index (χ0) is 23.5. The Bertz CT molecular complexity index is 457. The summed E-state index contributed by atoms with van der Waals surface area (Å²) >= 11 is 0. The number of carboxylic acids is 1. The standard InChI is InChI=1S/C20H36O5.C4H12N2/c1-2-3-6-9-15(21)12-13-17-16(18(22)14-19(17)23)10-7-4-5-8-11-20(24)25;5-3-1-2-4-6/h8,11,15-19,21-23H,2-7,9-10,12-14H2,1H3,(H,24,25);1-6H2/t15-,16+,17+,18+,19+;/m0./s1. The fraction of sp³-hybridized carbons (Fsp3) is 0.875. The zero-order valence-corrected chi connectivity index (χ0v) is 19.5. The lowest BCUT2D eigenvalue weighted by molar-refractivity contribution is -0.131. The maximum absolute atomic E-state index is 10.4. The monoisotopic (exact) mass is 444 g/mol. The van der Waals surface area contributed by atoms with Crippen molar-refractivity contribution in [2.45, 2.75) is 109 Å². The van der Waals surface area contributed by atoms with Gasteiger partial charge in [-0.1, -0.05) is 38.7 Å². The average Bonchev–Trinajstić information content (AvgIpc) is 3.00. The van der Waals surface area contributed by atoms with E-state index in [2.05, 4.69) is 6.92 Å². The maximum Gasteiger partial charge on any atom is 0.327 e. The first-order valence-electron chi connectivity index (χ1n) is 12.2. The molecule has 1 aliphatic rings. The third-order valence-electron chi connectivity index (χ3n) is 6.07. The largest absolute Gasteiger partial charge is 0.478 e. The van der Waals surface area contributed by atoms with Gasteiger partial charge in [-0.2, -0.15) is 0 Å². The smallest absolute Gasteiger partial charge is 0.327 e. The summed E-state index contributed by atoms with van der Waals surface area (Å²) in [7, 11) is 0. The van der Waals surface area contributed by atoms with Crippen molar-refractivity contribution in [1.29, 1.82) is 0 Å². The second-order valence-corrected chi connectivity index (χ2v) is 8.73. The first-order chi connectivity index (χ1) is 14.9. The Balaban J connectivity index is 0.00000131. The van der Waals surface area contributed by atoms with Gasteiger partial charge in [0.15, 0.2) is 0 Å². The van der Waals surface area contributed by atoms with E-state index >= 15 is 0 Å². The van der Waals surface area contributed by atoms with Crippen molar-refractivity contribution in [3.8, 4) is 0 Å². The van der Waals surface area contributed by atoms with Gasteiger partial charge in [-0.05, 0) is 82.7 Å². The molecule has 1 aliphatic carbocycles. The molecule has 31 heavy (non-hydrogen) atoms. The summed E-state index contributed by atoms with van der Waals surface area (Å²) in [5.41, 5.74) is 10.3. The molecule has 0 aromatic carbocycles. The fourth-order valence-corrected chi connectivity index (χ4v) is 4.25. The summed E-state index contributed by atoms with van der Waals surface area (Å²) in [5, 5.41) is 39.1. The topological polar surface area (TPSA) is 150 Å². The molecular weight excluding hydrogens is 396 g/mol. The summed E-state index contributed by atoms with van der Waals surface area (Å²) in [6.07, 6.45) is 13.1. The van der Waals surface area contributed by atoms with Gasteiger partial charge in [0.2, 0.25) is 0 Å². The van der Waals surface area contributed by atoms with Crippen LogP contribution in [-0.4, -0.2) is 57.8 Å². The highest BCUT2D eigenvalue weighted by Gasteiger charge is 2.40. The number of hydrogen-bond acceptors (Lipinski definition) is 6. The Kier molecular flexibility index (Phi) is 19.0. The molecule has 7 heteroatoms. The van der Waals surface area contributed by atoms with Gasteiger partial charge >= 0.3 is 5.97 Å². The second-order valence-electron chi connectivity index (χ2n) is 8.73. The van der Waals surface area contributed by atoms with Gasteiger partial charge in [-0.3, -0.25) is 0 Å². The molecule has 0 unspecified atom stereocenters. The molecule has 0 bridgehead atoms. The highest BCUT2D eigenvalue weighted by Crippen LogP contribution is 2.39. The number of carboxylic acid groups (broad SMARTS) is 1. The number of aliphatic hydroxyl groups excluding tert-OH is 3. The molecule has 5 atom stereocenters. The number of rotatable bonds is 16. The molecule has 1 saturated carbocycles. The van der Waals surface area contributed by atoms with Crippen molar-refractivity contribution >= 4 is 5.97 Å². The van der Waals surface area contributed by atoms with Crippen LogP contribution in [-0.2, 0) is 4.79 Å². The molecule has 0 saturated heterocycles. The normalized spacial score (nSPS) is 24.2. The lowest BCUT2D eigenvalue weighted by Gasteiger charge is -2.24. The molecule has 8 N–H and O–H groups in total. The molecule has 0 spiro atoms. The average molecular weight is 445 g/mol. The molecule has 184 valence electrons. The molecule has 0 aromatic rings. The van der Waals surface area contributed by atoms with E-state index in [-0.39, 0.29) is 17.9 Å². The van der Waals surface area contributed by atoms with Crippen molar-refractivity contribution < 1.29 is 25.2 Å². The highest BCUT2D eigenvalue weighted by molar-refractivity contribution is 5.79. The van der Waals surface area contributed by atoms with Crippen molar-refractivity contribution in [2.75, 3.05) is 13.1 Å². The predicted molar refractivity (Wildman–Crippen MR) is 126 cm³/mol. The number of aliphatic carboxylic acids is 1. The minimum atomic E-state index is -0.924. The third-order valence-corrected chi connectivity index (χ3v) is 6.07. The van der Waals surface area contributed by atoms with E-state index in [4.69, 9.17) is 16.6 Å². The van der Waals surface area contributed by atoms with E-state index in [1.54, 1.807) is 6.08 Å². The van der Waals surface area contributed by atoms with E-state index < -0.39 is 18.2 Å². The minimum absolute atomic E-state index is 0.0605. The number of hydrogen-bond donors (Lipinski definition) is 6. The van der Waals surface area contributed by atoms with Crippen molar-refractivity contribution in [2.24, 2.45) is 23.3 Å². The number of allylic oxidation sites excluding steroid dienone is 1. The third kappa shape index (κ3) is 15.5. The quantitative estimate of drug-likeness (QED) is 0.158. The Hall–Kier alpha value is -0.990. The van der Waals surface area contributed by atoms with Crippen LogP contribution in [0.25, 0.3) is 0 Å². The van der Waals surface area contributed by atoms with E-state index in [1.807, 2.05) is 0 Å². The van der Waals surface area contributed by atoms with Gasteiger partial charge in [0.25, 0.3) is 0 Å². The lowest BCUT2D eigenvalue weighted by Crippen LogP contribution is -2.24. The maximum atomic E-state index is 10.4. The molecule has 0 heterocycles. The number of nitrogens with two attached hydrogens (primary N) is 2. The Morgan fingerprint density at radius 1 is 0.935 bits per heavy atom. The molecule has 0 aliphatic heterocycles. The molecule has 1 rings (SSSR count). The van der Waals surface area contributed by atoms with Crippen LogP contribution in [0.15, 0.2) is 12.2 Å². The molecule has 7 nitrogen and oxygen atoms in total. The van der Waals surface area contributed by atoms with Crippen molar-refractivity contribution in [1.82, 2.24) is 0 Å². The minimum Gasteiger partial charge on any atom is -0.478 e. The Labute approximate surface area is 188 Å². The lowest BCUT2D eigenvalue weighted by atomic mass is 9.84. The highest BCUT2D eigenvalue weighted by atomic mass is 16.4. The van der Waals surface area contributed by atoms with Gasteiger partial charge in [0, 0.05) is 6.08 Å². The van der Waals surface area contributed by atoms with E-state index in [9.17, 15) is 20.1 Å². The summed E-state index contributed by atoms with van der Waals surface area (Å²) in [5.74, 6) is -0.779. The van der Waals surface area contributed by atoms with E-state index in [1.165, 1.54) is 0 Å². The number of unbranched alkanes of at least 4 members (excludes halogenated alkanes) is 5. The SMILES string of the molecule is CCCCC[C@H](O)CC[C@@H]1[C@@H](CCCCC=CC(=O)O)[C@H](O)C[C@H]1O.NCCCCN. The fourth-order valence-electron chi connectivity index (χ4n) is 4.25. The summed E-state index contributed by atoms with van der Waals surface area (Å²) < 4.78 is 0. The first-order valence-corrected chi connectivity index (χ1v) is 12.2. The molecular formula is C24H48N2O5. The molecule has 1 fully saturated rings. The van der Waals surface area contributed by atoms with Gasteiger partial charge < -0.3 is 31.9 Å². The van der Waals surface area contributed by atoms with E-state index in [0.717, 1.165) is 89.8 Å². The second kappa shape index (κ2) is 19.7. The predicted octanol–water partition coefficient (Wildman–Crippen LogP) is 2.95. The van der Waals surface area contributed by atoms with Crippen LogP contribution in [0.5, 0.6) is 0 Å². The van der Waals surface area contributed by atoms with Crippen LogP contribution in [0.1, 0.15) is 90.4 Å². The molecule has 0 radical (unpaired) electrons. The Morgan fingerprint density at radius 2 is 1.55 bits per heavy atom. The number of aliphatic hydroxyl groups is 3. The number of carbonyl (C=O) groups is 1. The van der Waals surface area contributed by atoms with Crippen molar-refractivity contribution in [3.63, 3.8) is 0 Å². The van der Waals surface area contributed by atoms with Gasteiger partial charge in [0.1, 0.15) is 0 Å². The summed E-state index contributed by atoms with van der Waals surface area (Å²) in [4.78, 5) is 10.4. The van der Waals surface area contributed by atoms with Crippen LogP contribution in [0.4, 0.5) is 0 Å². The van der Waals surface area contributed by atoms with Crippen LogP contribution in [0.2, 0.25) is 0 Å². The van der Waals surface area contributed by atoms with Crippen LogP contribution in [0.3, 0.4) is 0 Å². The molecule has 0 amide bonds. The van der Waals surface area contributed by atoms with Crippen LogP contribution >= 0.6 is 0 Å². The molecule has 0 aromatic heterocycles. The summed E-state index contributed by atoms with van der Waals surface area (Å²) in [6.45, 7) is 3.69. The first kappa shape index (κ1) is 30.0. The van der Waals surface area contributed by atoms with Gasteiger partial charge in [-0.15, -0.1) is 0 Å². The van der Waals surface area contributed by atoms with Gasteiger partial charge in [0.05, 0.1) is 18.3 Å². The summed E-state index contributed by atoms with van der Waals surface area (Å²) in [6, 6.07) is 0. The van der Waals surface area contributed by atoms with Crippen LogP contribution in [0, 0.1) is 11.8 Å². The van der Waals surface area contributed by atoms with Crippen molar-refractivity contribution in [3.05, 3.63) is 12.2 Å². The Morgan fingerprint density at radius 3 is 2.10 bits per heavy atom. The van der Waals surface area contributed by atoms with Gasteiger partial charge in [-0.25, -0.2) is 4.79 Å². The van der Waals surface area contributed by atoms with E-state index in [0.29, 0.717) is 12.8 Å². The zero-order valence-electron chi connectivity index (χ0n) is 19.5. The van der Waals surface area contributed by atoms with Crippen LogP contribution < -0.4 is 11.5 Å².